The summed E-state index contributed by atoms with van der Waals surface area (Å²) >= 11 is 3.63. The molecule has 1 amide bonds. The second-order valence-electron chi connectivity index (χ2n) is 8.23. The fourth-order valence-corrected chi connectivity index (χ4v) is 3.65. The van der Waals surface area contributed by atoms with Crippen molar-refractivity contribution < 1.29 is 14.3 Å². The van der Waals surface area contributed by atoms with Gasteiger partial charge in [-0.15, -0.1) is 0 Å². The van der Waals surface area contributed by atoms with Gasteiger partial charge in [0.05, 0.1) is 6.61 Å². The van der Waals surface area contributed by atoms with Crippen molar-refractivity contribution >= 4 is 21.8 Å². The molecule has 0 bridgehead atoms. The van der Waals surface area contributed by atoms with Crippen molar-refractivity contribution in [3.05, 3.63) is 22.2 Å². The molecule has 0 radical (unpaired) electrons. The second-order valence-corrected chi connectivity index (χ2v) is 9.09. The normalized spacial score (nSPS) is 15.3. The van der Waals surface area contributed by atoms with Gasteiger partial charge in [-0.05, 0) is 83.8 Å². The minimum absolute atomic E-state index is 0.0445. The van der Waals surface area contributed by atoms with E-state index in [1.54, 1.807) is 0 Å². The highest BCUT2D eigenvalue weighted by atomic mass is 79.9. The molecule has 0 saturated carbocycles. The largest absolute Gasteiger partial charge is 0.490 e. The average Bonchev–Trinajstić information content (AvgIpc) is 2.62. The number of benzene rings is 1. The number of ether oxygens (including phenoxy) is 2. The molecule has 0 aliphatic carbocycles. The molecule has 1 heterocycles. The van der Waals surface area contributed by atoms with Gasteiger partial charge < -0.3 is 25.4 Å². The fraction of sp³-hybridized carbons (Fsp3) is 0.667. The van der Waals surface area contributed by atoms with E-state index in [0.29, 0.717) is 18.1 Å². The Morgan fingerprint density at radius 3 is 2.54 bits per heavy atom. The zero-order chi connectivity index (χ0) is 20.6. The van der Waals surface area contributed by atoms with Crippen LogP contribution in [0.1, 0.15) is 46.1 Å². The van der Waals surface area contributed by atoms with Gasteiger partial charge in [-0.3, -0.25) is 4.79 Å². The van der Waals surface area contributed by atoms with E-state index in [0.717, 1.165) is 42.1 Å². The summed E-state index contributed by atoms with van der Waals surface area (Å²) in [6.07, 6.45) is 2.45. The summed E-state index contributed by atoms with van der Waals surface area (Å²) in [5.41, 5.74) is 0.831. The summed E-state index contributed by atoms with van der Waals surface area (Å²) < 4.78 is 12.4. The van der Waals surface area contributed by atoms with Crippen LogP contribution in [0, 0.1) is 5.92 Å². The molecule has 1 aromatic carbocycles. The van der Waals surface area contributed by atoms with E-state index >= 15 is 0 Å². The van der Waals surface area contributed by atoms with Crippen LogP contribution >= 0.6 is 15.9 Å². The third-order valence-electron chi connectivity index (χ3n) is 4.49. The van der Waals surface area contributed by atoms with E-state index in [1.807, 2.05) is 39.8 Å². The van der Waals surface area contributed by atoms with Gasteiger partial charge in [0.25, 0.3) is 5.91 Å². The Bertz CT molecular complexity index is 641. The van der Waals surface area contributed by atoms with E-state index in [1.165, 1.54) is 12.8 Å². The zero-order valence-corrected chi connectivity index (χ0v) is 19.1. The molecule has 1 saturated heterocycles. The quantitative estimate of drug-likeness (QED) is 0.532. The maximum Gasteiger partial charge on any atom is 0.258 e. The van der Waals surface area contributed by atoms with Crippen molar-refractivity contribution in [2.24, 2.45) is 5.92 Å². The Morgan fingerprint density at radius 1 is 1.21 bits per heavy atom. The van der Waals surface area contributed by atoms with Crippen molar-refractivity contribution in [3.63, 3.8) is 0 Å². The first-order valence-electron chi connectivity index (χ1n) is 10.1. The highest BCUT2D eigenvalue weighted by Crippen LogP contribution is 2.34. The molecule has 1 fully saturated rings. The summed E-state index contributed by atoms with van der Waals surface area (Å²) in [5.74, 6) is 1.81. The van der Waals surface area contributed by atoms with E-state index in [-0.39, 0.29) is 18.1 Å². The van der Waals surface area contributed by atoms with Crippen LogP contribution in [-0.2, 0) is 11.3 Å². The maximum atomic E-state index is 12.0. The van der Waals surface area contributed by atoms with E-state index < -0.39 is 0 Å². The lowest BCUT2D eigenvalue weighted by atomic mass is 9.98. The number of rotatable bonds is 9. The van der Waals surface area contributed by atoms with Gasteiger partial charge >= 0.3 is 0 Å². The molecule has 0 unspecified atom stereocenters. The second kappa shape index (κ2) is 11.0. The van der Waals surface area contributed by atoms with Gasteiger partial charge in [-0.2, -0.15) is 0 Å². The van der Waals surface area contributed by atoms with Crippen LogP contribution in [-0.4, -0.2) is 44.3 Å². The summed E-state index contributed by atoms with van der Waals surface area (Å²) in [5, 5.41) is 9.85. The summed E-state index contributed by atoms with van der Waals surface area (Å²) in [6, 6.07) is 3.87. The van der Waals surface area contributed by atoms with Crippen LogP contribution in [0.5, 0.6) is 11.5 Å². The lowest BCUT2D eigenvalue weighted by Crippen LogP contribution is -2.43. The van der Waals surface area contributed by atoms with Crippen molar-refractivity contribution in [1.29, 1.82) is 0 Å². The summed E-state index contributed by atoms with van der Waals surface area (Å²) in [6.45, 7) is 12.3. The predicted molar refractivity (Wildman–Crippen MR) is 116 cm³/mol. The molecule has 1 aliphatic rings. The molecule has 1 aliphatic heterocycles. The van der Waals surface area contributed by atoms with Gasteiger partial charge in [0, 0.05) is 16.6 Å². The van der Waals surface area contributed by atoms with Crippen molar-refractivity contribution in [3.8, 4) is 11.5 Å². The average molecular weight is 456 g/mol. The molecule has 158 valence electrons. The van der Waals surface area contributed by atoms with E-state index in [2.05, 4.69) is 31.9 Å². The SMILES string of the molecule is CCOc1cc(CNCC2CCNCC2)c(Br)cc1OCC(=O)NC(C)(C)C. The van der Waals surface area contributed by atoms with Crippen LogP contribution < -0.4 is 25.4 Å². The summed E-state index contributed by atoms with van der Waals surface area (Å²) in [4.78, 5) is 12.0. The zero-order valence-electron chi connectivity index (χ0n) is 17.5. The first-order valence-corrected chi connectivity index (χ1v) is 10.9. The standard InChI is InChI=1S/C21H34BrN3O3/c1-5-27-18-10-16(13-24-12-15-6-8-23-9-7-15)17(22)11-19(18)28-14-20(26)25-21(2,3)4/h10-11,15,23-24H,5-9,12-14H2,1-4H3,(H,25,26). The Hall–Kier alpha value is -1.31. The molecule has 0 spiro atoms. The monoisotopic (exact) mass is 455 g/mol. The van der Waals surface area contributed by atoms with E-state index in [4.69, 9.17) is 9.47 Å². The third kappa shape index (κ3) is 7.97. The molecule has 0 aromatic heterocycles. The number of amides is 1. The van der Waals surface area contributed by atoms with Gasteiger partial charge in [-0.25, -0.2) is 0 Å². The molecule has 3 N–H and O–H groups in total. The number of carbonyl (C=O) groups is 1. The Balaban J connectivity index is 1.96. The number of nitrogens with one attached hydrogen (secondary N) is 3. The molecule has 7 heteroatoms. The third-order valence-corrected chi connectivity index (χ3v) is 5.23. The maximum absolute atomic E-state index is 12.0. The Labute approximate surface area is 177 Å². The highest BCUT2D eigenvalue weighted by Gasteiger charge is 2.17. The van der Waals surface area contributed by atoms with Gasteiger partial charge in [-0.1, -0.05) is 15.9 Å². The lowest BCUT2D eigenvalue weighted by molar-refractivity contribution is -0.124. The topological polar surface area (TPSA) is 71.6 Å². The number of hydrogen-bond acceptors (Lipinski definition) is 5. The Morgan fingerprint density at radius 2 is 1.89 bits per heavy atom. The summed E-state index contributed by atoms with van der Waals surface area (Å²) in [7, 11) is 0. The molecule has 0 atom stereocenters. The minimum Gasteiger partial charge on any atom is -0.490 e. The minimum atomic E-state index is -0.284. The van der Waals surface area contributed by atoms with E-state index in [9.17, 15) is 4.79 Å². The van der Waals surface area contributed by atoms with Crippen LogP contribution in [0.15, 0.2) is 16.6 Å². The van der Waals surface area contributed by atoms with Crippen LogP contribution in [0.2, 0.25) is 0 Å². The van der Waals surface area contributed by atoms with Crippen molar-refractivity contribution in [2.75, 3.05) is 32.8 Å². The van der Waals surface area contributed by atoms with Crippen LogP contribution in [0.4, 0.5) is 0 Å². The van der Waals surface area contributed by atoms with Gasteiger partial charge in [0.1, 0.15) is 0 Å². The number of halogens is 1. The smallest absolute Gasteiger partial charge is 0.258 e. The van der Waals surface area contributed by atoms with Gasteiger partial charge in [0.2, 0.25) is 0 Å². The van der Waals surface area contributed by atoms with Crippen LogP contribution in [0.25, 0.3) is 0 Å². The first kappa shape index (κ1) is 23.0. The predicted octanol–water partition coefficient (Wildman–Crippen LogP) is 3.23. The molecule has 1 aromatic rings. The molecular weight excluding hydrogens is 422 g/mol. The van der Waals surface area contributed by atoms with Crippen LogP contribution in [0.3, 0.4) is 0 Å². The number of piperidine rings is 1. The molecular formula is C21H34BrN3O3. The molecule has 2 rings (SSSR count). The fourth-order valence-electron chi connectivity index (χ4n) is 3.19. The van der Waals surface area contributed by atoms with Gasteiger partial charge in [0.15, 0.2) is 18.1 Å². The molecule has 6 nitrogen and oxygen atoms in total. The first-order chi connectivity index (χ1) is 13.3. The lowest BCUT2D eigenvalue weighted by Gasteiger charge is -2.23. The number of carbonyl (C=O) groups excluding carboxylic acids is 1. The van der Waals surface area contributed by atoms with Crippen molar-refractivity contribution in [2.45, 2.75) is 52.6 Å². The number of hydrogen-bond donors (Lipinski definition) is 3. The van der Waals surface area contributed by atoms with Crippen molar-refractivity contribution in [1.82, 2.24) is 16.0 Å². The molecule has 28 heavy (non-hydrogen) atoms. The Kier molecular flexibility index (Phi) is 9.05. The highest BCUT2D eigenvalue weighted by molar-refractivity contribution is 9.10.